The normalized spacial score (nSPS) is 17.7. The predicted octanol–water partition coefficient (Wildman–Crippen LogP) is 4.38. The molecule has 1 aliphatic rings. The number of nitrogens with one attached hydrogen (secondary N) is 1. The number of rotatable bonds is 2. The molecule has 0 saturated heterocycles. The topological polar surface area (TPSA) is 21.3 Å². The largest absolute Gasteiger partial charge is 0.493 e. The first-order valence-electron chi connectivity index (χ1n) is 6.07. The number of hydrogen-bond donors (Lipinski definition) is 1. The van der Waals surface area contributed by atoms with Crippen molar-refractivity contribution in [2.45, 2.75) is 12.5 Å². The molecule has 0 fully saturated rings. The second-order valence-corrected chi connectivity index (χ2v) is 5.29. The Morgan fingerprint density at radius 3 is 2.67 bits per heavy atom. The fourth-order valence-electron chi connectivity index (χ4n) is 2.24. The molecule has 0 spiro atoms. The second-order valence-electron chi connectivity index (χ2n) is 4.38. The highest BCUT2D eigenvalue weighted by atomic mass is 79.9. The van der Waals surface area contributed by atoms with Gasteiger partial charge in [-0.25, -0.2) is 0 Å². The fourth-order valence-corrected chi connectivity index (χ4v) is 2.50. The molecule has 3 rings (SSSR count). The van der Waals surface area contributed by atoms with Gasteiger partial charge < -0.3 is 10.1 Å². The Hall–Kier alpha value is -1.48. The van der Waals surface area contributed by atoms with Gasteiger partial charge in [0.05, 0.1) is 12.6 Å². The van der Waals surface area contributed by atoms with Crippen molar-refractivity contribution in [3.05, 3.63) is 58.6 Å². The van der Waals surface area contributed by atoms with Gasteiger partial charge in [-0.05, 0) is 30.3 Å². The lowest BCUT2D eigenvalue weighted by molar-refractivity contribution is 0.274. The van der Waals surface area contributed by atoms with Crippen molar-refractivity contribution in [1.82, 2.24) is 0 Å². The summed E-state index contributed by atoms with van der Waals surface area (Å²) in [6, 6.07) is 16.8. The van der Waals surface area contributed by atoms with Crippen LogP contribution in [-0.4, -0.2) is 6.61 Å². The standard InChI is InChI=1S/C15H14BrNO/c16-11-5-7-12(8-6-11)17-14-9-10-18-15-4-2-1-3-13(14)15/h1-8,14,17H,9-10H2. The number of hydrogen-bond acceptors (Lipinski definition) is 2. The maximum absolute atomic E-state index is 5.66. The van der Waals surface area contributed by atoms with Gasteiger partial charge in [0, 0.05) is 22.1 Å². The van der Waals surface area contributed by atoms with E-state index in [9.17, 15) is 0 Å². The first-order valence-corrected chi connectivity index (χ1v) is 6.86. The van der Waals surface area contributed by atoms with Crippen molar-refractivity contribution in [3.8, 4) is 5.75 Å². The van der Waals surface area contributed by atoms with Gasteiger partial charge in [0.1, 0.15) is 5.75 Å². The summed E-state index contributed by atoms with van der Waals surface area (Å²) in [4.78, 5) is 0. The predicted molar refractivity (Wildman–Crippen MR) is 77.1 cm³/mol. The zero-order valence-electron chi connectivity index (χ0n) is 9.90. The van der Waals surface area contributed by atoms with Gasteiger partial charge in [-0.1, -0.05) is 34.1 Å². The third-order valence-corrected chi connectivity index (χ3v) is 3.67. The van der Waals surface area contributed by atoms with Gasteiger partial charge in [0.25, 0.3) is 0 Å². The molecule has 1 aliphatic heterocycles. The molecule has 0 aromatic heterocycles. The Morgan fingerprint density at radius 2 is 1.83 bits per heavy atom. The lowest BCUT2D eigenvalue weighted by atomic mass is 10.0. The Kier molecular flexibility index (Phi) is 3.24. The molecule has 2 aromatic carbocycles. The van der Waals surface area contributed by atoms with Crippen LogP contribution in [0.4, 0.5) is 5.69 Å². The van der Waals surface area contributed by atoms with Crippen LogP contribution in [0.25, 0.3) is 0 Å². The molecule has 0 saturated carbocycles. The van der Waals surface area contributed by atoms with Crippen molar-refractivity contribution in [2.24, 2.45) is 0 Å². The molecule has 2 aromatic rings. The van der Waals surface area contributed by atoms with Crippen LogP contribution in [0.5, 0.6) is 5.75 Å². The minimum atomic E-state index is 0.330. The van der Waals surface area contributed by atoms with E-state index in [1.165, 1.54) is 5.56 Å². The average molecular weight is 304 g/mol. The molecule has 0 bridgehead atoms. The van der Waals surface area contributed by atoms with E-state index in [4.69, 9.17) is 4.74 Å². The Morgan fingerprint density at radius 1 is 1.06 bits per heavy atom. The van der Waals surface area contributed by atoms with E-state index in [0.717, 1.165) is 28.9 Å². The molecule has 0 aliphatic carbocycles. The van der Waals surface area contributed by atoms with Crippen LogP contribution in [0.1, 0.15) is 18.0 Å². The van der Waals surface area contributed by atoms with E-state index >= 15 is 0 Å². The molecule has 18 heavy (non-hydrogen) atoms. The SMILES string of the molecule is Brc1ccc(NC2CCOc3ccccc32)cc1. The summed E-state index contributed by atoms with van der Waals surface area (Å²) in [5.74, 6) is 0.998. The number of halogens is 1. The molecule has 92 valence electrons. The third-order valence-electron chi connectivity index (χ3n) is 3.14. The first-order chi connectivity index (χ1) is 8.83. The molecule has 1 unspecified atom stereocenters. The number of ether oxygens (including phenoxy) is 1. The summed E-state index contributed by atoms with van der Waals surface area (Å²) in [7, 11) is 0. The minimum Gasteiger partial charge on any atom is -0.493 e. The van der Waals surface area contributed by atoms with Crippen molar-refractivity contribution >= 4 is 21.6 Å². The number of anilines is 1. The van der Waals surface area contributed by atoms with Crippen molar-refractivity contribution in [1.29, 1.82) is 0 Å². The third kappa shape index (κ3) is 2.36. The summed E-state index contributed by atoms with van der Waals surface area (Å²) in [6.07, 6.45) is 0.993. The highest BCUT2D eigenvalue weighted by Crippen LogP contribution is 2.34. The summed E-state index contributed by atoms with van der Waals surface area (Å²) in [6.45, 7) is 0.769. The van der Waals surface area contributed by atoms with Gasteiger partial charge in [-0.2, -0.15) is 0 Å². The Balaban J connectivity index is 1.84. The van der Waals surface area contributed by atoms with Crippen LogP contribution in [0.15, 0.2) is 53.0 Å². The maximum Gasteiger partial charge on any atom is 0.124 e. The number of benzene rings is 2. The lowest BCUT2D eigenvalue weighted by Gasteiger charge is -2.27. The van der Waals surface area contributed by atoms with E-state index in [-0.39, 0.29) is 0 Å². The van der Waals surface area contributed by atoms with Crippen LogP contribution < -0.4 is 10.1 Å². The van der Waals surface area contributed by atoms with Crippen LogP contribution in [0.2, 0.25) is 0 Å². The van der Waals surface area contributed by atoms with Crippen LogP contribution in [0, 0.1) is 0 Å². The fraction of sp³-hybridized carbons (Fsp3) is 0.200. The summed E-state index contributed by atoms with van der Waals surface area (Å²) in [5, 5.41) is 3.56. The monoisotopic (exact) mass is 303 g/mol. The molecule has 1 N–H and O–H groups in total. The lowest BCUT2D eigenvalue weighted by Crippen LogP contribution is -2.20. The van der Waals surface area contributed by atoms with Gasteiger partial charge in [0.2, 0.25) is 0 Å². The number of para-hydroxylation sites is 1. The molecule has 0 amide bonds. The van der Waals surface area contributed by atoms with E-state index in [1.807, 2.05) is 24.3 Å². The van der Waals surface area contributed by atoms with Gasteiger partial charge in [0.15, 0.2) is 0 Å². The quantitative estimate of drug-likeness (QED) is 0.888. The molecule has 1 atom stereocenters. The van der Waals surface area contributed by atoms with E-state index in [0.29, 0.717) is 6.04 Å². The van der Waals surface area contributed by atoms with Crippen LogP contribution in [-0.2, 0) is 0 Å². The molecular weight excluding hydrogens is 290 g/mol. The molecule has 2 nitrogen and oxygen atoms in total. The van der Waals surface area contributed by atoms with Gasteiger partial charge in [-0.15, -0.1) is 0 Å². The second kappa shape index (κ2) is 5.02. The van der Waals surface area contributed by atoms with Crippen LogP contribution in [0.3, 0.4) is 0 Å². The summed E-state index contributed by atoms with van der Waals surface area (Å²) in [5.41, 5.74) is 2.38. The Bertz CT molecular complexity index is 538. The molecule has 1 heterocycles. The van der Waals surface area contributed by atoms with E-state index in [2.05, 4.69) is 45.5 Å². The van der Waals surface area contributed by atoms with Crippen molar-refractivity contribution in [3.63, 3.8) is 0 Å². The van der Waals surface area contributed by atoms with Crippen molar-refractivity contribution in [2.75, 3.05) is 11.9 Å². The molecular formula is C15H14BrNO. The maximum atomic E-state index is 5.66. The summed E-state index contributed by atoms with van der Waals surface area (Å²) >= 11 is 3.45. The zero-order chi connectivity index (χ0) is 12.4. The summed E-state index contributed by atoms with van der Waals surface area (Å²) < 4.78 is 6.76. The first kappa shape index (κ1) is 11.6. The van der Waals surface area contributed by atoms with Gasteiger partial charge in [-0.3, -0.25) is 0 Å². The average Bonchev–Trinajstić information content (AvgIpc) is 2.42. The molecule has 3 heteroatoms. The smallest absolute Gasteiger partial charge is 0.124 e. The number of fused-ring (bicyclic) bond motifs is 1. The Labute approximate surface area is 115 Å². The highest BCUT2D eigenvalue weighted by molar-refractivity contribution is 9.10. The zero-order valence-corrected chi connectivity index (χ0v) is 11.5. The van der Waals surface area contributed by atoms with Crippen molar-refractivity contribution < 1.29 is 4.74 Å². The molecule has 0 radical (unpaired) electrons. The van der Waals surface area contributed by atoms with E-state index in [1.54, 1.807) is 0 Å². The minimum absolute atomic E-state index is 0.330. The van der Waals surface area contributed by atoms with E-state index < -0.39 is 0 Å². The van der Waals surface area contributed by atoms with Crippen LogP contribution >= 0.6 is 15.9 Å². The van der Waals surface area contributed by atoms with Gasteiger partial charge >= 0.3 is 0 Å². The highest BCUT2D eigenvalue weighted by Gasteiger charge is 2.20.